The highest BCUT2D eigenvalue weighted by Gasteiger charge is 2.18. The number of hydrogen-bond donors (Lipinski definition) is 1. The molecule has 19 heavy (non-hydrogen) atoms. The molecule has 1 N–H and O–H groups in total. The maximum Gasteiger partial charge on any atom is 0.342 e. The molecule has 1 heterocycles. The molecule has 2 aromatic rings. The van der Waals surface area contributed by atoms with Gasteiger partial charge in [-0.15, -0.1) is 0 Å². The molecule has 0 aliphatic rings. The molecule has 0 bridgehead atoms. The van der Waals surface area contributed by atoms with Crippen LogP contribution in [0.3, 0.4) is 0 Å². The molecule has 5 nitrogen and oxygen atoms in total. The largest absolute Gasteiger partial charge is 0.477 e. The molecule has 6 heteroatoms. The Morgan fingerprint density at radius 3 is 2.68 bits per heavy atom. The van der Waals surface area contributed by atoms with E-state index in [1.165, 1.54) is 12.1 Å². The van der Waals surface area contributed by atoms with Crippen molar-refractivity contribution in [3.05, 3.63) is 47.2 Å². The van der Waals surface area contributed by atoms with Gasteiger partial charge < -0.3 is 9.84 Å². The predicted octanol–water partition coefficient (Wildman–Crippen LogP) is 2.72. The summed E-state index contributed by atoms with van der Waals surface area (Å²) in [5.41, 5.74) is 0.159. The first-order valence-corrected chi connectivity index (χ1v) is 5.49. The van der Waals surface area contributed by atoms with Crippen LogP contribution >= 0.6 is 0 Å². The van der Waals surface area contributed by atoms with Gasteiger partial charge in [-0.3, -0.25) is 0 Å². The maximum atomic E-state index is 13.5. The van der Waals surface area contributed by atoms with Crippen molar-refractivity contribution in [2.45, 2.75) is 13.8 Å². The standard InChI is InChI=1S/C13H11FN2O3/c1-7-6-11(16-8(2)15-7)19-10-5-3-4-9(14)12(10)13(17)18/h3-6H,1-2H3,(H,17,18). The van der Waals surface area contributed by atoms with Gasteiger partial charge in [0.2, 0.25) is 5.88 Å². The number of aryl methyl sites for hydroxylation is 2. The molecule has 0 fully saturated rings. The molecule has 0 aliphatic carbocycles. The van der Waals surface area contributed by atoms with Gasteiger partial charge in [0, 0.05) is 11.8 Å². The lowest BCUT2D eigenvalue weighted by Gasteiger charge is -2.09. The summed E-state index contributed by atoms with van der Waals surface area (Å²) in [4.78, 5) is 19.1. The second-order valence-corrected chi connectivity index (χ2v) is 3.91. The van der Waals surface area contributed by atoms with Gasteiger partial charge in [-0.2, -0.15) is 4.98 Å². The molecule has 0 radical (unpaired) electrons. The smallest absolute Gasteiger partial charge is 0.342 e. The topological polar surface area (TPSA) is 72.3 Å². The molecule has 0 amide bonds. The van der Waals surface area contributed by atoms with Gasteiger partial charge in [0.05, 0.1) is 0 Å². The van der Waals surface area contributed by atoms with Crippen molar-refractivity contribution in [1.29, 1.82) is 0 Å². The van der Waals surface area contributed by atoms with Crippen LogP contribution in [0.1, 0.15) is 21.9 Å². The van der Waals surface area contributed by atoms with Crippen LogP contribution in [-0.4, -0.2) is 21.0 Å². The molecule has 1 aromatic carbocycles. The zero-order chi connectivity index (χ0) is 14.0. The Balaban J connectivity index is 2.43. The van der Waals surface area contributed by atoms with Crippen LogP contribution in [0.5, 0.6) is 11.6 Å². The molecular weight excluding hydrogens is 251 g/mol. The van der Waals surface area contributed by atoms with E-state index in [4.69, 9.17) is 9.84 Å². The highest BCUT2D eigenvalue weighted by molar-refractivity contribution is 5.91. The third kappa shape index (κ3) is 2.85. The number of carboxylic acid groups (broad SMARTS) is 1. The fourth-order valence-electron chi connectivity index (χ4n) is 1.64. The first-order chi connectivity index (χ1) is 8.97. The minimum Gasteiger partial charge on any atom is -0.477 e. The monoisotopic (exact) mass is 262 g/mol. The third-order valence-electron chi connectivity index (χ3n) is 2.35. The lowest BCUT2D eigenvalue weighted by molar-refractivity contribution is 0.0689. The van der Waals surface area contributed by atoms with Crippen molar-refractivity contribution in [3.63, 3.8) is 0 Å². The number of halogens is 1. The van der Waals surface area contributed by atoms with Gasteiger partial charge in [0.1, 0.15) is 23.0 Å². The van der Waals surface area contributed by atoms with Gasteiger partial charge in [0.25, 0.3) is 0 Å². The molecule has 0 saturated heterocycles. The molecule has 0 spiro atoms. The van der Waals surface area contributed by atoms with E-state index < -0.39 is 17.3 Å². The minimum absolute atomic E-state index is 0.0926. The average Bonchev–Trinajstić information content (AvgIpc) is 2.26. The lowest BCUT2D eigenvalue weighted by Crippen LogP contribution is -2.04. The van der Waals surface area contributed by atoms with E-state index in [1.807, 2.05) is 0 Å². The van der Waals surface area contributed by atoms with Crippen molar-refractivity contribution >= 4 is 5.97 Å². The lowest BCUT2D eigenvalue weighted by atomic mass is 10.2. The van der Waals surface area contributed by atoms with Crippen LogP contribution in [0.4, 0.5) is 4.39 Å². The summed E-state index contributed by atoms with van der Waals surface area (Å²) in [5.74, 6) is -1.67. The zero-order valence-electron chi connectivity index (χ0n) is 10.3. The number of benzene rings is 1. The van der Waals surface area contributed by atoms with Crippen LogP contribution in [-0.2, 0) is 0 Å². The van der Waals surface area contributed by atoms with E-state index >= 15 is 0 Å². The van der Waals surface area contributed by atoms with Crippen LogP contribution in [0.15, 0.2) is 24.3 Å². The number of aromatic carboxylic acids is 1. The molecule has 0 aliphatic heterocycles. The fraction of sp³-hybridized carbons (Fsp3) is 0.154. The van der Waals surface area contributed by atoms with E-state index in [0.717, 1.165) is 6.07 Å². The van der Waals surface area contributed by atoms with Crippen molar-refractivity contribution in [1.82, 2.24) is 9.97 Å². The summed E-state index contributed by atoms with van der Waals surface area (Å²) in [6, 6.07) is 5.35. The van der Waals surface area contributed by atoms with Crippen molar-refractivity contribution in [3.8, 4) is 11.6 Å². The first kappa shape index (κ1) is 12.9. The zero-order valence-corrected chi connectivity index (χ0v) is 10.3. The number of aromatic nitrogens is 2. The summed E-state index contributed by atoms with van der Waals surface area (Å²) in [5, 5.41) is 8.98. The minimum atomic E-state index is -1.39. The summed E-state index contributed by atoms with van der Waals surface area (Å²) in [6.45, 7) is 3.44. The van der Waals surface area contributed by atoms with E-state index in [0.29, 0.717) is 11.5 Å². The van der Waals surface area contributed by atoms with Gasteiger partial charge in [0.15, 0.2) is 0 Å². The molecule has 2 rings (SSSR count). The molecule has 98 valence electrons. The number of carboxylic acids is 1. The van der Waals surface area contributed by atoms with Crippen LogP contribution < -0.4 is 4.74 Å². The summed E-state index contributed by atoms with van der Waals surface area (Å²) < 4.78 is 18.8. The Morgan fingerprint density at radius 2 is 2.05 bits per heavy atom. The summed E-state index contributed by atoms with van der Waals surface area (Å²) >= 11 is 0. The number of rotatable bonds is 3. The molecular formula is C13H11FN2O3. The maximum absolute atomic E-state index is 13.5. The van der Waals surface area contributed by atoms with Gasteiger partial charge in [-0.1, -0.05) is 6.07 Å². The Hall–Kier alpha value is -2.50. The fourth-order valence-corrected chi connectivity index (χ4v) is 1.64. The number of carbonyl (C=O) groups is 1. The van der Waals surface area contributed by atoms with E-state index in [-0.39, 0.29) is 11.6 Å². The second kappa shape index (κ2) is 5.01. The Kier molecular flexibility index (Phi) is 3.41. The molecule has 1 aromatic heterocycles. The summed E-state index contributed by atoms with van der Waals surface area (Å²) in [6.07, 6.45) is 0. The average molecular weight is 262 g/mol. The third-order valence-corrected chi connectivity index (χ3v) is 2.35. The second-order valence-electron chi connectivity index (χ2n) is 3.91. The number of nitrogens with zero attached hydrogens (tertiary/aromatic N) is 2. The Labute approximate surface area is 108 Å². The van der Waals surface area contributed by atoms with E-state index in [2.05, 4.69) is 9.97 Å². The Morgan fingerprint density at radius 1 is 1.32 bits per heavy atom. The number of ether oxygens (including phenoxy) is 1. The molecule has 0 saturated carbocycles. The van der Waals surface area contributed by atoms with Crippen LogP contribution in [0, 0.1) is 19.7 Å². The van der Waals surface area contributed by atoms with Gasteiger partial charge >= 0.3 is 5.97 Å². The Bertz CT molecular complexity index is 624. The SMILES string of the molecule is Cc1cc(Oc2cccc(F)c2C(=O)O)nc(C)n1. The summed E-state index contributed by atoms with van der Waals surface area (Å²) in [7, 11) is 0. The van der Waals surface area contributed by atoms with Crippen molar-refractivity contribution < 1.29 is 19.0 Å². The van der Waals surface area contributed by atoms with E-state index in [9.17, 15) is 9.18 Å². The predicted molar refractivity (Wildman–Crippen MR) is 64.9 cm³/mol. The quantitative estimate of drug-likeness (QED) is 0.920. The van der Waals surface area contributed by atoms with Gasteiger partial charge in [-0.25, -0.2) is 14.2 Å². The van der Waals surface area contributed by atoms with Gasteiger partial charge in [-0.05, 0) is 26.0 Å². The van der Waals surface area contributed by atoms with Crippen molar-refractivity contribution in [2.24, 2.45) is 0 Å². The van der Waals surface area contributed by atoms with Crippen LogP contribution in [0.2, 0.25) is 0 Å². The molecule has 0 atom stereocenters. The molecule has 0 unspecified atom stereocenters. The highest BCUT2D eigenvalue weighted by atomic mass is 19.1. The van der Waals surface area contributed by atoms with E-state index in [1.54, 1.807) is 19.9 Å². The van der Waals surface area contributed by atoms with Crippen molar-refractivity contribution in [2.75, 3.05) is 0 Å². The number of hydrogen-bond acceptors (Lipinski definition) is 4. The normalized spacial score (nSPS) is 10.3. The highest BCUT2D eigenvalue weighted by Crippen LogP contribution is 2.26. The van der Waals surface area contributed by atoms with Crippen LogP contribution in [0.25, 0.3) is 0 Å². The first-order valence-electron chi connectivity index (χ1n) is 5.49.